The first-order chi connectivity index (χ1) is 21.6. The highest BCUT2D eigenvalue weighted by Gasteiger charge is 2.32. The van der Waals surface area contributed by atoms with Gasteiger partial charge in [-0.2, -0.15) is 4.99 Å². The monoisotopic (exact) mass is 636 g/mol. The summed E-state index contributed by atoms with van der Waals surface area (Å²) >= 11 is 1.23. The largest absolute Gasteiger partial charge is 0.573 e. The Hall–Kier alpha value is -4.85. The van der Waals surface area contributed by atoms with Crippen LogP contribution in [0.1, 0.15) is 23.1 Å². The van der Waals surface area contributed by atoms with Gasteiger partial charge in [-0.3, -0.25) is 9.69 Å². The molecule has 0 bridgehead atoms. The molecule has 4 aromatic rings. The first-order valence-electron chi connectivity index (χ1n) is 14.0. The topological polar surface area (TPSA) is 111 Å². The van der Waals surface area contributed by atoms with Crippen LogP contribution in [0.5, 0.6) is 11.5 Å². The number of amides is 3. The predicted molar refractivity (Wildman–Crippen MR) is 163 cm³/mol. The lowest BCUT2D eigenvalue weighted by Gasteiger charge is -2.25. The molecule has 6 rings (SSSR count). The SMILES string of the molecule is COc1ccc(N2C(=O)CSC2=NC(=O)NC2CCc3cc(-c4ncn(-c5ccc(OC(F)(F)F)cc5)n4)ccc3C2)c(C)c1. The molecule has 0 saturated carbocycles. The molecule has 0 spiro atoms. The molecular weight excluding hydrogens is 609 g/mol. The third-order valence-electron chi connectivity index (χ3n) is 7.45. The van der Waals surface area contributed by atoms with E-state index in [1.807, 2.05) is 31.2 Å². The Kier molecular flexibility index (Phi) is 8.23. The molecule has 1 atom stereocenters. The Morgan fingerprint density at radius 1 is 1.07 bits per heavy atom. The number of urea groups is 1. The molecule has 1 aliphatic carbocycles. The van der Waals surface area contributed by atoms with Crippen LogP contribution < -0.4 is 19.7 Å². The van der Waals surface area contributed by atoms with Gasteiger partial charge in [0.1, 0.15) is 17.8 Å². The van der Waals surface area contributed by atoms with E-state index < -0.39 is 12.4 Å². The van der Waals surface area contributed by atoms with Crippen molar-refractivity contribution < 1.29 is 32.2 Å². The maximum Gasteiger partial charge on any atom is 0.573 e. The molecule has 45 heavy (non-hydrogen) atoms. The van der Waals surface area contributed by atoms with Gasteiger partial charge in [0, 0.05) is 11.6 Å². The molecule has 3 aromatic carbocycles. The average molecular weight is 637 g/mol. The summed E-state index contributed by atoms with van der Waals surface area (Å²) in [6.45, 7) is 1.87. The smallest absolute Gasteiger partial charge is 0.497 e. The first kappa shape index (κ1) is 30.2. The molecule has 1 aliphatic heterocycles. The van der Waals surface area contributed by atoms with E-state index in [1.54, 1.807) is 19.2 Å². The molecule has 10 nitrogen and oxygen atoms in total. The van der Waals surface area contributed by atoms with Crippen LogP contribution in [0.3, 0.4) is 0 Å². The lowest BCUT2D eigenvalue weighted by Crippen LogP contribution is -2.38. The van der Waals surface area contributed by atoms with Crippen molar-refractivity contribution in [1.29, 1.82) is 0 Å². The number of carbonyl (C=O) groups excluding carboxylic acids is 2. The number of methoxy groups -OCH3 is 1. The number of rotatable bonds is 6. The van der Waals surface area contributed by atoms with Gasteiger partial charge < -0.3 is 14.8 Å². The van der Waals surface area contributed by atoms with Crippen LogP contribution in [0.25, 0.3) is 17.1 Å². The fraction of sp³-hybridized carbons (Fsp3) is 0.258. The number of amidine groups is 1. The van der Waals surface area contributed by atoms with Gasteiger partial charge in [0.2, 0.25) is 5.91 Å². The Bertz CT molecular complexity index is 1790. The zero-order valence-corrected chi connectivity index (χ0v) is 25.0. The van der Waals surface area contributed by atoms with Crippen molar-refractivity contribution >= 4 is 34.6 Å². The van der Waals surface area contributed by atoms with Crippen molar-refractivity contribution in [3.05, 3.63) is 83.7 Å². The quantitative estimate of drug-likeness (QED) is 0.283. The second-order valence-corrected chi connectivity index (χ2v) is 11.4. The van der Waals surface area contributed by atoms with Crippen LogP contribution in [-0.2, 0) is 17.6 Å². The van der Waals surface area contributed by atoms with Gasteiger partial charge in [0.05, 0.1) is 24.2 Å². The van der Waals surface area contributed by atoms with E-state index in [4.69, 9.17) is 4.74 Å². The minimum absolute atomic E-state index is 0.125. The minimum atomic E-state index is -4.76. The van der Waals surface area contributed by atoms with Crippen molar-refractivity contribution in [2.24, 2.45) is 4.99 Å². The van der Waals surface area contributed by atoms with Gasteiger partial charge in [-0.1, -0.05) is 23.9 Å². The number of nitrogens with zero attached hydrogens (tertiary/aromatic N) is 5. The highest BCUT2D eigenvalue weighted by atomic mass is 32.2. The third-order valence-corrected chi connectivity index (χ3v) is 8.38. The standard InChI is InChI=1S/C31H27F3N6O4S/c1-18-13-25(43-2)11-12-26(18)40-27(41)16-45-30(40)37-29(42)36-22-6-5-19-14-21(4-3-20(19)15-22)28-35-17-39(38-28)23-7-9-24(10-8-23)44-31(32,33)34/h3-4,7-14,17,22H,5-6,15-16H2,1-2H3,(H,36,42). The number of aromatic nitrogens is 3. The molecule has 1 aromatic heterocycles. The molecule has 2 heterocycles. The number of hydrogen-bond acceptors (Lipinski definition) is 7. The molecule has 1 unspecified atom stereocenters. The Morgan fingerprint density at radius 2 is 1.84 bits per heavy atom. The zero-order chi connectivity index (χ0) is 31.7. The molecule has 14 heteroatoms. The number of aryl methyl sites for hydroxylation is 2. The third kappa shape index (κ3) is 6.80. The van der Waals surface area contributed by atoms with Crippen LogP contribution in [0.2, 0.25) is 0 Å². The summed E-state index contributed by atoms with van der Waals surface area (Å²) in [5.74, 6) is 0.887. The second kappa shape index (κ2) is 12.3. The minimum Gasteiger partial charge on any atom is -0.497 e. The van der Waals surface area contributed by atoms with Crippen LogP contribution in [0, 0.1) is 6.92 Å². The van der Waals surface area contributed by atoms with Gasteiger partial charge in [0.15, 0.2) is 11.0 Å². The summed E-state index contributed by atoms with van der Waals surface area (Å²) < 4.78 is 48.0. The molecule has 3 amide bonds. The molecule has 1 N–H and O–H groups in total. The van der Waals surface area contributed by atoms with Crippen LogP contribution in [-0.4, -0.2) is 57.1 Å². The Balaban J connectivity index is 1.10. The number of benzene rings is 3. The van der Waals surface area contributed by atoms with Crippen molar-refractivity contribution in [1.82, 2.24) is 20.1 Å². The number of halogens is 3. The first-order valence-corrected chi connectivity index (χ1v) is 14.9. The predicted octanol–water partition coefficient (Wildman–Crippen LogP) is 5.85. The number of alkyl halides is 3. The van der Waals surface area contributed by atoms with E-state index in [-0.39, 0.29) is 23.5 Å². The number of hydrogen-bond donors (Lipinski definition) is 1. The van der Waals surface area contributed by atoms with Gasteiger partial charge in [0.25, 0.3) is 0 Å². The van der Waals surface area contributed by atoms with E-state index in [0.29, 0.717) is 41.0 Å². The molecular formula is C31H27F3N6O4S. The summed E-state index contributed by atoms with van der Waals surface area (Å²) in [6.07, 6.45) is -1.22. The summed E-state index contributed by atoms with van der Waals surface area (Å²) in [4.78, 5) is 35.7. The maximum absolute atomic E-state index is 12.9. The molecule has 1 fully saturated rings. The normalized spacial score (nSPS) is 17.4. The second-order valence-electron chi connectivity index (χ2n) is 10.5. The number of nitrogens with one attached hydrogen (secondary N) is 1. The van der Waals surface area contributed by atoms with Crippen molar-refractivity contribution in [3.63, 3.8) is 0 Å². The lowest BCUT2D eigenvalue weighted by molar-refractivity contribution is -0.274. The number of fused-ring (bicyclic) bond motifs is 1. The van der Waals surface area contributed by atoms with E-state index in [1.165, 1.54) is 51.9 Å². The zero-order valence-electron chi connectivity index (χ0n) is 24.2. The van der Waals surface area contributed by atoms with Gasteiger partial charge in [-0.05, 0) is 91.4 Å². The summed E-state index contributed by atoms with van der Waals surface area (Å²) in [5, 5.41) is 7.82. The molecule has 1 saturated heterocycles. The Morgan fingerprint density at radius 3 is 2.58 bits per heavy atom. The van der Waals surface area contributed by atoms with E-state index in [0.717, 1.165) is 28.7 Å². The van der Waals surface area contributed by atoms with Crippen molar-refractivity contribution in [2.75, 3.05) is 17.8 Å². The molecule has 0 radical (unpaired) electrons. The van der Waals surface area contributed by atoms with Crippen LogP contribution >= 0.6 is 11.8 Å². The number of anilines is 1. The summed E-state index contributed by atoms with van der Waals surface area (Å²) in [7, 11) is 1.58. The fourth-order valence-corrected chi connectivity index (χ4v) is 6.18. The summed E-state index contributed by atoms with van der Waals surface area (Å²) in [6, 6.07) is 16.0. The number of carbonyl (C=O) groups is 2. The van der Waals surface area contributed by atoms with Crippen LogP contribution in [0.4, 0.5) is 23.7 Å². The Labute approximate surface area is 260 Å². The fourth-order valence-electron chi connectivity index (χ4n) is 5.32. The molecule has 2 aliphatic rings. The van der Waals surface area contributed by atoms with E-state index in [9.17, 15) is 22.8 Å². The highest BCUT2D eigenvalue weighted by molar-refractivity contribution is 8.15. The van der Waals surface area contributed by atoms with E-state index in [2.05, 4.69) is 25.1 Å². The van der Waals surface area contributed by atoms with Gasteiger partial charge >= 0.3 is 12.4 Å². The number of ether oxygens (including phenoxy) is 2. The number of aliphatic imine (C=N–C) groups is 1. The van der Waals surface area contributed by atoms with Gasteiger partial charge in [-0.15, -0.1) is 18.3 Å². The highest BCUT2D eigenvalue weighted by Crippen LogP contribution is 2.32. The van der Waals surface area contributed by atoms with Crippen molar-refractivity contribution in [3.8, 4) is 28.6 Å². The van der Waals surface area contributed by atoms with Crippen LogP contribution in [0.15, 0.2) is 72.0 Å². The summed E-state index contributed by atoms with van der Waals surface area (Å²) in [5.41, 5.74) is 5.03. The maximum atomic E-state index is 12.9. The average Bonchev–Trinajstić information content (AvgIpc) is 3.63. The number of thioether (sulfide) groups is 1. The van der Waals surface area contributed by atoms with E-state index >= 15 is 0 Å². The van der Waals surface area contributed by atoms with Crippen molar-refractivity contribution in [2.45, 2.75) is 38.6 Å². The molecule has 232 valence electrons. The lowest BCUT2D eigenvalue weighted by atomic mass is 9.87. The van der Waals surface area contributed by atoms with Gasteiger partial charge in [-0.25, -0.2) is 14.5 Å².